The van der Waals surface area contributed by atoms with Crippen molar-refractivity contribution in [3.05, 3.63) is 12.7 Å². The Bertz CT molecular complexity index is 1380. The van der Waals surface area contributed by atoms with E-state index in [1.54, 1.807) is 6.92 Å². The summed E-state index contributed by atoms with van der Waals surface area (Å²) < 4.78 is 27.0. The zero-order valence-electron chi connectivity index (χ0n) is 30.4. The van der Waals surface area contributed by atoms with E-state index in [1.807, 2.05) is 55.4 Å². The van der Waals surface area contributed by atoms with Crippen LogP contribution < -0.4 is 21.3 Å². The fourth-order valence-corrected chi connectivity index (χ4v) is 8.57. The standard InChI is InChI=1S/C34H58N6O7S/c1-12-16-35-29(43)26(41)23(13-2)37-28(42)25-24-22(34(24,9)10)19-40(25)30(44)27(33(6,7)8)38-31(45)36-20(17-32(3,4)5)18-39(11)48(46,47)21-14-15-21/h12,20-25,27H,1,13-19H2,2-11H3,(H,35,43)(H,37,42)(H2,36,38,45)/t20-,22-,23?,24-,25-,27+/m0/s1. The highest BCUT2D eigenvalue weighted by molar-refractivity contribution is 7.90. The second-order valence-electron chi connectivity index (χ2n) is 16.6. The molecule has 1 unspecified atom stereocenters. The van der Waals surface area contributed by atoms with Crippen molar-refractivity contribution < 1.29 is 32.4 Å². The number of ketones is 1. The average molecular weight is 695 g/mol. The number of carbonyl (C=O) groups is 5. The van der Waals surface area contributed by atoms with Crippen LogP contribution in [-0.4, -0.2) is 103 Å². The van der Waals surface area contributed by atoms with Crippen molar-refractivity contribution >= 4 is 39.6 Å². The number of nitrogens with one attached hydrogen (secondary N) is 4. The van der Waals surface area contributed by atoms with E-state index in [1.165, 1.54) is 22.3 Å². The maximum absolute atomic E-state index is 14.3. The Balaban J connectivity index is 1.80. The van der Waals surface area contributed by atoms with Crippen molar-refractivity contribution in [1.82, 2.24) is 30.5 Å². The van der Waals surface area contributed by atoms with Crippen molar-refractivity contribution in [3.8, 4) is 0 Å². The molecule has 48 heavy (non-hydrogen) atoms. The zero-order chi connectivity index (χ0) is 36.6. The van der Waals surface area contributed by atoms with Crippen LogP contribution >= 0.6 is 0 Å². The molecule has 1 aliphatic heterocycles. The number of hydrogen-bond acceptors (Lipinski definition) is 7. The summed E-state index contributed by atoms with van der Waals surface area (Å²) in [7, 11) is -1.93. The number of Topliss-reactive ketones (excluding diaryl/α,β-unsaturated/α-hetero) is 1. The number of amides is 5. The van der Waals surface area contributed by atoms with Gasteiger partial charge in [0.15, 0.2) is 0 Å². The molecule has 5 amide bonds. The van der Waals surface area contributed by atoms with Gasteiger partial charge in [-0.05, 0) is 53.8 Å². The third-order valence-corrected chi connectivity index (χ3v) is 12.2. The van der Waals surface area contributed by atoms with Crippen molar-refractivity contribution in [3.63, 3.8) is 0 Å². The van der Waals surface area contributed by atoms with Gasteiger partial charge < -0.3 is 26.2 Å². The number of nitrogens with zero attached hydrogens (tertiary/aromatic N) is 2. The van der Waals surface area contributed by atoms with Gasteiger partial charge >= 0.3 is 6.03 Å². The second kappa shape index (κ2) is 14.5. The lowest BCUT2D eigenvalue weighted by Gasteiger charge is -2.38. The first-order valence-electron chi connectivity index (χ1n) is 17.0. The Morgan fingerprint density at radius 1 is 1.02 bits per heavy atom. The molecule has 0 aromatic rings. The minimum absolute atomic E-state index is 0.0541. The molecule has 0 bridgehead atoms. The van der Waals surface area contributed by atoms with Crippen LogP contribution in [0.15, 0.2) is 12.7 Å². The molecule has 3 rings (SSSR count). The van der Waals surface area contributed by atoms with E-state index in [2.05, 4.69) is 27.8 Å². The summed E-state index contributed by atoms with van der Waals surface area (Å²) in [5, 5.41) is 10.6. The Hall–Kier alpha value is -3.00. The van der Waals surface area contributed by atoms with Crippen molar-refractivity contribution in [2.75, 3.05) is 26.7 Å². The van der Waals surface area contributed by atoms with E-state index in [4.69, 9.17) is 0 Å². The first-order valence-corrected chi connectivity index (χ1v) is 18.5. The summed E-state index contributed by atoms with van der Waals surface area (Å²) in [4.78, 5) is 68.4. The number of sulfonamides is 1. The lowest BCUT2D eigenvalue weighted by Crippen LogP contribution is -2.62. The molecular formula is C34H58N6O7S. The lowest BCUT2D eigenvalue weighted by molar-refractivity contribution is -0.145. The molecule has 272 valence electrons. The van der Waals surface area contributed by atoms with Crippen LogP contribution in [0, 0.1) is 28.1 Å². The zero-order valence-corrected chi connectivity index (χ0v) is 31.3. The Kier molecular flexibility index (Phi) is 11.9. The van der Waals surface area contributed by atoms with Gasteiger partial charge in [0, 0.05) is 32.7 Å². The largest absolute Gasteiger partial charge is 0.346 e. The number of hydrogen-bond donors (Lipinski definition) is 4. The lowest BCUT2D eigenvalue weighted by atomic mass is 9.85. The highest BCUT2D eigenvalue weighted by Crippen LogP contribution is 2.65. The molecule has 2 aliphatic carbocycles. The van der Waals surface area contributed by atoms with Gasteiger partial charge in [-0.25, -0.2) is 17.5 Å². The topological polar surface area (TPSA) is 174 Å². The van der Waals surface area contributed by atoms with E-state index >= 15 is 0 Å². The molecule has 0 aromatic heterocycles. The van der Waals surface area contributed by atoms with Gasteiger partial charge in [0.05, 0.1) is 11.3 Å². The number of likely N-dealkylation sites (tertiary alicyclic amines) is 1. The third kappa shape index (κ3) is 9.16. The van der Waals surface area contributed by atoms with Crippen LogP contribution in [0.4, 0.5) is 4.79 Å². The van der Waals surface area contributed by atoms with Crippen LogP contribution in [0.2, 0.25) is 0 Å². The third-order valence-electron chi connectivity index (χ3n) is 9.87. The molecule has 0 aromatic carbocycles. The van der Waals surface area contributed by atoms with Crippen molar-refractivity contribution in [1.29, 1.82) is 0 Å². The van der Waals surface area contributed by atoms with Crippen LogP contribution in [0.1, 0.15) is 88.0 Å². The molecule has 2 saturated carbocycles. The summed E-state index contributed by atoms with van der Waals surface area (Å²) in [5.74, 6) is -2.64. The molecule has 0 spiro atoms. The quantitative estimate of drug-likeness (QED) is 0.150. The predicted molar refractivity (Wildman–Crippen MR) is 184 cm³/mol. The fourth-order valence-electron chi connectivity index (χ4n) is 6.94. The SMILES string of the molecule is C=CCNC(=O)C(=O)C(CC)NC(=O)[C@@H]1[C@@H]2[C@H](CN1C(=O)[C@@H](NC(=O)N[C@H](CN(C)S(=O)(=O)C1CC1)CC(C)(C)C)C(C)(C)C)C2(C)C. The Morgan fingerprint density at radius 3 is 2.12 bits per heavy atom. The van der Waals surface area contributed by atoms with E-state index < -0.39 is 69.1 Å². The van der Waals surface area contributed by atoms with Crippen molar-refractivity contribution in [2.24, 2.45) is 28.1 Å². The highest BCUT2D eigenvalue weighted by atomic mass is 32.2. The first-order chi connectivity index (χ1) is 22.0. The van der Waals surface area contributed by atoms with Gasteiger partial charge in [0.2, 0.25) is 27.6 Å². The smallest absolute Gasteiger partial charge is 0.315 e. The molecule has 3 aliphatic rings. The van der Waals surface area contributed by atoms with E-state index in [9.17, 15) is 32.4 Å². The maximum atomic E-state index is 14.3. The van der Waals surface area contributed by atoms with Gasteiger partial charge in [0.25, 0.3) is 5.91 Å². The molecular weight excluding hydrogens is 636 g/mol. The molecule has 13 nitrogen and oxygen atoms in total. The summed E-state index contributed by atoms with van der Waals surface area (Å²) in [6.45, 7) is 21.3. The molecule has 3 fully saturated rings. The first kappa shape index (κ1) is 39.4. The average Bonchev–Trinajstić information content (AvgIpc) is 3.85. The van der Waals surface area contributed by atoms with Crippen molar-refractivity contribution in [2.45, 2.75) is 117 Å². The van der Waals surface area contributed by atoms with Gasteiger partial charge in [-0.2, -0.15) is 0 Å². The van der Waals surface area contributed by atoms with E-state index in [0.717, 1.165) is 0 Å². The fraction of sp³-hybridized carbons (Fsp3) is 0.794. The normalized spacial score (nSPS) is 23.7. The second-order valence-corrected chi connectivity index (χ2v) is 18.9. The molecule has 14 heteroatoms. The molecule has 4 N–H and O–H groups in total. The molecule has 1 saturated heterocycles. The number of carbonyl (C=O) groups excluding carboxylic acids is 5. The Labute approximate surface area is 286 Å². The monoisotopic (exact) mass is 694 g/mol. The van der Waals surface area contributed by atoms with E-state index in [0.29, 0.717) is 25.8 Å². The van der Waals surface area contributed by atoms with Gasteiger partial charge in [-0.3, -0.25) is 19.2 Å². The summed E-state index contributed by atoms with van der Waals surface area (Å²) in [6, 6.07) is -4.11. The van der Waals surface area contributed by atoms with Gasteiger partial charge in [0.1, 0.15) is 12.1 Å². The van der Waals surface area contributed by atoms with Crippen LogP contribution in [0.3, 0.4) is 0 Å². The minimum Gasteiger partial charge on any atom is -0.346 e. The summed E-state index contributed by atoms with van der Waals surface area (Å²) in [5.41, 5.74) is -1.19. The highest BCUT2D eigenvalue weighted by Gasteiger charge is 2.70. The summed E-state index contributed by atoms with van der Waals surface area (Å²) in [6.07, 6.45) is 3.40. The molecule has 6 atom stereocenters. The van der Waals surface area contributed by atoms with Gasteiger partial charge in [-0.1, -0.05) is 68.4 Å². The van der Waals surface area contributed by atoms with Gasteiger partial charge in [-0.15, -0.1) is 6.58 Å². The van der Waals surface area contributed by atoms with Crippen LogP contribution in [0.25, 0.3) is 0 Å². The number of likely N-dealkylation sites (N-methyl/N-ethyl adjacent to an activating group) is 1. The number of rotatable bonds is 15. The Morgan fingerprint density at radius 2 is 1.62 bits per heavy atom. The van der Waals surface area contributed by atoms with Crippen LogP contribution in [0.5, 0.6) is 0 Å². The molecule has 1 heterocycles. The van der Waals surface area contributed by atoms with E-state index in [-0.39, 0.29) is 47.4 Å². The predicted octanol–water partition coefficient (Wildman–Crippen LogP) is 2.18. The maximum Gasteiger partial charge on any atom is 0.315 e. The number of urea groups is 1. The number of fused-ring (bicyclic) bond motifs is 1. The summed E-state index contributed by atoms with van der Waals surface area (Å²) >= 11 is 0. The van der Waals surface area contributed by atoms with Crippen LogP contribution in [-0.2, 0) is 29.2 Å². The molecule has 0 radical (unpaired) electrons. The number of piperidine rings is 1. The minimum atomic E-state index is -3.46.